The Morgan fingerprint density at radius 1 is 1.42 bits per heavy atom. The first-order chi connectivity index (χ1) is 9.24. The SMILES string of the molecule is [N-]=[N+]=NC(c1ccc(Br)cc1)C1CN(CCCF)C1. The maximum absolute atomic E-state index is 12.1. The maximum Gasteiger partial charge on any atom is 0.0906 e. The van der Waals surface area contributed by atoms with E-state index in [1.165, 1.54) is 0 Å². The van der Waals surface area contributed by atoms with Crippen LogP contribution in [0.15, 0.2) is 33.9 Å². The lowest BCUT2D eigenvalue weighted by Gasteiger charge is -2.42. The van der Waals surface area contributed by atoms with Crippen LogP contribution < -0.4 is 0 Å². The third-order valence-electron chi connectivity index (χ3n) is 3.43. The number of rotatable bonds is 6. The molecule has 1 aromatic rings. The fourth-order valence-corrected chi connectivity index (χ4v) is 2.69. The molecule has 1 unspecified atom stereocenters. The molecule has 0 spiro atoms. The first-order valence-electron chi connectivity index (χ1n) is 6.32. The molecule has 0 N–H and O–H groups in total. The van der Waals surface area contributed by atoms with E-state index in [1.54, 1.807) is 0 Å². The average Bonchev–Trinajstić information content (AvgIpc) is 2.37. The first-order valence-corrected chi connectivity index (χ1v) is 7.12. The third-order valence-corrected chi connectivity index (χ3v) is 3.96. The van der Waals surface area contributed by atoms with Gasteiger partial charge < -0.3 is 4.90 Å². The van der Waals surface area contributed by atoms with Gasteiger partial charge in [0.05, 0.1) is 12.7 Å². The van der Waals surface area contributed by atoms with Crippen LogP contribution in [-0.2, 0) is 0 Å². The molecule has 0 saturated carbocycles. The van der Waals surface area contributed by atoms with Crippen molar-refractivity contribution < 1.29 is 4.39 Å². The Morgan fingerprint density at radius 3 is 2.68 bits per heavy atom. The van der Waals surface area contributed by atoms with Crippen LogP contribution in [0.2, 0.25) is 0 Å². The molecular weight excluding hydrogens is 311 g/mol. The lowest BCUT2D eigenvalue weighted by atomic mass is 9.87. The minimum atomic E-state index is -0.270. The molecule has 0 bridgehead atoms. The van der Waals surface area contributed by atoms with Crippen molar-refractivity contribution in [2.45, 2.75) is 12.5 Å². The summed E-state index contributed by atoms with van der Waals surface area (Å²) in [5.41, 5.74) is 9.75. The lowest BCUT2D eigenvalue weighted by Crippen LogP contribution is -2.49. The van der Waals surface area contributed by atoms with Gasteiger partial charge in [-0.25, -0.2) is 0 Å². The molecule has 2 rings (SSSR count). The Bertz CT molecular complexity index is 452. The highest BCUT2D eigenvalue weighted by molar-refractivity contribution is 9.10. The number of hydrogen-bond donors (Lipinski definition) is 0. The van der Waals surface area contributed by atoms with Gasteiger partial charge in [-0.3, -0.25) is 4.39 Å². The van der Waals surface area contributed by atoms with E-state index in [-0.39, 0.29) is 12.7 Å². The first kappa shape index (κ1) is 14.3. The van der Waals surface area contributed by atoms with E-state index in [1.807, 2.05) is 24.3 Å². The Balaban J connectivity index is 1.98. The topological polar surface area (TPSA) is 52.0 Å². The van der Waals surface area contributed by atoms with Crippen molar-refractivity contribution in [2.75, 3.05) is 26.3 Å². The highest BCUT2D eigenvalue weighted by Gasteiger charge is 2.33. The van der Waals surface area contributed by atoms with Crippen LogP contribution in [0.3, 0.4) is 0 Å². The van der Waals surface area contributed by atoms with Gasteiger partial charge in [0.2, 0.25) is 0 Å². The van der Waals surface area contributed by atoms with Gasteiger partial charge in [-0.05, 0) is 35.6 Å². The quantitative estimate of drug-likeness (QED) is 0.441. The summed E-state index contributed by atoms with van der Waals surface area (Å²) in [6.45, 7) is 2.27. The van der Waals surface area contributed by atoms with Crippen LogP contribution in [-0.4, -0.2) is 31.2 Å². The van der Waals surface area contributed by atoms with Crippen LogP contribution in [0.1, 0.15) is 18.0 Å². The summed E-state index contributed by atoms with van der Waals surface area (Å²) in [5.74, 6) is 0.330. The highest BCUT2D eigenvalue weighted by atomic mass is 79.9. The smallest absolute Gasteiger partial charge is 0.0906 e. The normalized spacial score (nSPS) is 17.6. The molecule has 0 aliphatic carbocycles. The zero-order valence-corrected chi connectivity index (χ0v) is 12.1. The molecule has 1 fully saturated rings. The molecule has 4 nitrogen and oxygen atoms in total. The van der Waals surface area contributed by atoms with Crippen LogP contribution in [0.5, 0.6) is 0 Å². The predicted octanol–water partition coefficient (Wildman–Crippen LogP) is 4.09. The average molecular weight is 327 g/mol. The Morgan fingerprint density at radius 2 is 2.11 bits per heavy atom. The van der Waals surface area contributed by atoms with Gasteiger partial charge in [-0.15, -0.1) is 0 Å². The minimum Gasteiger partial charge on any atom is -0.303 e. The van der Waals surface area contributed by atoms with Crippen LogP contribution in [0.4, 0.5) is 4.39 Å². The van der Waals surface area contributed by atoms with E-state index in [4.69, 9.17) is 5.53 Å². The molecule has 1 aromatic carbocycles. The van der Waals surface area contributed by atoms with E-state index in [2.05, 4.69) is 30.9 Å². The van der Waals surface area contributed by atoms with E-state index < -0.39 is 0 Å². The second-order valence-electron chi connectivity index (χ2n) is 4.76. The van der Waals surface area contributed by atoms with Gasteiger partial charge in [-0.1, -0.05) is 33.2 Å². The van der Waals surface area contributed by atoms with Crippen LogP contribution in [0, 0.1) is 5.92 Å². The number of hydrogen-bond acceptors (Lipinski definition) is 2. The fraction of sp³-hybridized carbons (Fsp3) is 0.538. The van der Waals surface area contributed by atoms with Gasteiger partial charge in [0.1, 0.15) is 0 Å². The molecule has 1 atom stereocenters. The van der Waals surface area contributed by atoms with E-state index in [0.717, 1.165) is 29.7 Å². The van der Waals surface area contributed by atoms with Gasteiger partial charge in [0.25, 0.3) is 0 Å². The molecule has 6 heteroatoms. The molecule has 0 amide bonds. The lowest BCUT2D eigenvalue weighted by molar-refractivity contribution is 0.0786. The summed E-state index contributed by atoms with van der Waals surface area (Å²) >= 11 is 3.39. The van der Waals surface area contributed by atoms with Gasteiger partial charge in [0.15, 0.2) is 0 Å². The van der Waals surface area contributed by atoms with E-state index >= 15 is 0 Å². The van der Waals surface area contributed by atoms with E-state index in [0.29, 0.717) is 12.3 Å². The summed E-state index contributed by atoms with van der Waals surface area (Å²) < 4.78 is 13.1. The van der Waals surface area contributed by atoms with Gasteiger partial charge >= 0.3 is 0 Å². The summed E-state index contributed by atoms with van der Waals surface area (Å²) in [7, 11) is 0. The van der Waals surface area contributed by atoms with Crippen molar-refractivity contribution >= 4 is 15.9 Å². The summed E-state index contributed by atoms with van der Waals surface area (Å²) in [4.78, 5) is 5.16. The standard InChI is InChI=1S/C13H16BrFN4/c14-12-4-2-10(3-5-12)13(17-18-16)11-8-19(9-11)7-1-6-15/h2-5,11,13H,1,6-9H2. The molecule has 0 radical (unpaired) electrons. The Labute approximate surface area is 120 Å². The molecule has 1 aliphatic heterocycles. The van der Waals surface area contributed by atoms with Crippen molar-refractivity contribution in [3.63, 3.8) is 0 Å². The Kier molecular flexibility index (Phi) is 5.19. The van der Waals surface area contributed by atoms with E-state index in [9.17, 15) is 4.39 Å². The van der Waals surface area contributed by atoms with Gasteiger partial charge in [-0.2, -0.15) is 0 Å². The highest BCUT2D eigenvalue weighted by Crippen LogP contribution is 2.33. The fourth-order valence-electron chi connectivity index (χ4n) is 2.42. The second-order valence-corrected chi connectivity index (χ2v) is 5.68. The van der Waals surface area contributed by atoms with Crippen molar-refractivity contribution in [3.8, 4) is 0 Å². The minimum absolute atomic E-state index is 0.125. The molecule has 102 valence electrons. The molecule has 19 heavy (non-hydrogen) atoms. The molecule has 1 aliphatic rings. The van der Waals surface area contributed by atoms with Crippen molar-refractivity contribution in [3.05, 3.63) is 44.7 Å². The number of nitrogens with zero attached hydrogens (tertiary/aromatic N) is 4. The number of azide groups is 1. The summed E-state index contributed by atoms with van der Waals surface area (Å²) in [6, 6.07) is 7.74. The van der Waals surface area contributed by atoms with Crippen molar-refractivity contribution in [2.24, 2.45) is 11.0 Å². The van der Waals surface area contributed by atoms with Crippen molar-refractivity contribution in [1.29, 1.82) is 0 Å². The van der Waals surface area contributed by atoms with Gasteiger partial charge in [0, 0.05) is 29.0 Å². The number of halogens is 2. The van der Waals surface area contributed by atoms with Crippen LogP contribution >= 0.6 is 15.9 Å². The van der Waals surface area contributed by atoms with Crippen LogP contribution in [0.25, 0.3) is 10.4 Å². The zero-order valence-electron chi connectivity index (χ0n) is 10.5. The van der Waals surface area contributed by atoms with Crippen molar-refractivity contribution in [1.82, 2.24) is 4.90 Å². The third kappa shape index (κ3) is 3.69. The molecule has 0 aromatic heterocycles. The monoisotopic (exact) mass is 326 g/mol. The number of likely N-dealkylation sites (tertiary alicyclic amines) is 1. The Hall–Kier alpha value is -1.10. The largest absolute Gasteiger partial charge is 0.303 e. The zero-order chi connectivity index (χ0) is 13.7. The molecule has 1 saturated heterocycles. The second kappa shape index (κ2) is 6.89. The summed E-state index contributed by atoms with van der Waals surface area (Å²) in [5, 5.41) is 3.93. The molecule has 1 heterocycles. The maximum atomic E-state index is 12.1. The summed E-state index contributed by atoms with van der Waals surface area (Å²) in [6.07, 6.45) is 0.581. The number of benzene rings is 1. The molecular formula is C13H16BrFN4. The predicted molar refractivity (Wildman–Crippen MR) is 76.6 cm³/mol. The number of alkyl halides is 1.